The van der Waals surface area contributed by atoms with Crippen LogP contribution < -0.4 is 19.7 Å². The minimum absolute atomic E-state index is 0.266. The minimum atomic E-state index is -0.426. The van der Waals surface area contributed by atoms with Gasteiger partial charge in [-0.1, -0.05) is 23.7 Å². The van der Waals surface area contributed by atoms with Gasteiger partial charge in [0.05, 0.1) is 35.6 Å². The summed E-state index contributed by atoms with van der Waals surface area (Å²) in [5.74, 6) is -0.473. The van der Waals surface area contributed by atoms with Gasteiger partial charge >= 0.3 is 0 Å². The van der Waals surface area contributed by atoms with Crippen LogP contribution in [-0.4, -0.2) is 31.4 Å². The molecule has 1 aliphatic rings. The second kappa shape index (κ2) is 8.72. The predicted molar refractivity (Wildman–Crippen MR) is 121 cm³/mol. The molecule has 32 heavy (non-hydrogen) atoms. The summed E-state index contributed by atoms with van der Waals surface area (Å²) in [5, 5.41) is 3.09. The first kappa shape index (κ1) is 21.4. The van der Waals surface area contributed by atoms with Gasteiger partial charge in [0.15, 0.2) is 0 Å². The number of hydrogen-bond donors (Lipinski definition) is 1. The molecule has 7 nitrogen and oxygen atoms in total. The molecule has 3 aromatic carbocycles. The summed E-state index contributed by atoms with van der Waals surface area (Å²) in [6.45, 7) is 2.31. The first-order valence-corrected chi connectivity index (χ1v) is 10.2. The molecule has 162 valence electrons. The van der Waals surface area contributed by atoms with Crippen molar-refractivity contribution in [3.05, 3.63) is 82.4 Å². The smallest absolute Gasteiger partial charge is 0.266 e. The van der Waals surface area contributed by atoms with E-state index in [1.165, 1.54) is 13.2 Å². The van der Waals surface area contributed by atoms with Crippen LogP contribution in [0.5, 0.6) is 11.5 Å². The monoisotopic (exact) mass is 450 g/mol. The first-order chi connectivity index (χ1) is 15.4. The van der Waals surface area contributed by atoms with E-state index in [9.17, 15) is 14.4 Å². The Morgan fingerprint density at radius 1 is 0.969 bits per heavy atom. The van der Waals surface area contributed by atoms with Gasteiger partial charge < -0.3 is 14.8 Å². The molecule has 0 fully saturated rings. The van der Waals surface area contributed by atoms with E-state index >= 15 is 0 Å². The number of nitrogens with zero attached hydrogens (tertiary/aromatic N) is 1. The number of carbonyl (C=O) groups excluding carboxylic acids is 3. The van der Waals surface area contributed by atoms with Crippen LogP contribution in [0.25, 0.3) is 0 Å². The summed E-state index contributed by atoms with van der Waals surface area (Å²) < 4.78 is 10.8. The van der Waals surface area contributed by atoms with Crippen molar-refractivity contribution in [2.75, 3.05) is 23.9 Å². The van der Waals surface area contributed by atoms with Crippen LogP contribution in [-0.2, 0) is 0 Å². The number of anilines is 2. The van der Waals surface area contributed by atoms with Crippen molar-refractivity contribution >= 4 is 40.7 Å². The summed E-state index contributed by atoms with van der Waals surface area (Å²) in [6, 6.07) is 16.1. The van der Waals surface area contributed by atoms with Crippen molar-refractivity contribution in [2.24, 2.45) is 0 Å². The van der Waals surface area contributed by atoms with Gasteiger partial charge in [-0.3, -0.25) is 14.4 Å². The fourth-order valence-electron chi connectivity index (χ4n) is 3.47. The van der Waals surface area contributed by atoms with Crippen LogP contribution >= 0.6 is 11.6 Å². The molecule has 0 unspecified atom stereocenters. The molecular formula is C24H19ClN2O5. The molecule has 1 heterocycles. The number of fused-ring (bicyclic) bond motifs is 1. The van der Waals surface area contributed by atoms with Crippen LogP contribution in [0, 0.1) is 0 Å². The van der Waals surface area contributed by atoms with Crippen molar-refractivity contribution in [3.63, 3.8) is 0 Å². The highest BCUT2D eigenvalue weighted by Crippen LogP contribution is 2.36. The van der Waals surface area contributed by atoms with Crippen LogP contribution in [0.3, 0.4) is 0 Å². The van der Waals surface area contributed by atoms with Crippen molar-refractivity contribution in [1.29, 1.82) is 0 Å². The molecular weight excluding hydrogens is 432 g/mol. The Balaban J connectivity index is 1.58. The average molecular weight is 451 g/mol. The molecule has 4 rings (SSSR count). The third-order valence-corrected chi connectivity index (χ3v) is 5.26. The number of carbonyl (C=O) groups is 3. The summed E-state index contributed by atoms with van der Waals surface area (Å²) in [4.78, 5) is 39.3. The van der Waals surface area contributed by atoms with Gasteiger partial charge in [0.25, 0.3) is 17.7 Å². The second-order valence-corrected chi connectivity index (χ2v) is 7.32. The molecule has 3 aromatic rings. The van der Waals surface area contributed by atoms with E-state index in [0.29, 0.717) is 45.4 Å². The first-order valence-electron chi connectivity index (χ1n) is 9.84. The van der Waals surface area contributed by atoms with E-state index in [4.69, 9.17) is 21.1 Å². The molecule has 0 atom stereocenters. The fraction of sp³-hybridized carbons (Fsp3) is 0.125. The number of rotatable bonds is 6. The zero-order valence-corrected chi connectivity index (χ0v) is 18.1. The van der Waals surface area contributed by atoms with Crippen LogP contribution in [0.15, 0.2) is 60.7 Å². The van der Waals surface area contributed by atoms with Crippen molar-refractivity contribution in [1.82, 2.24) is 0 Å². The van der Waals surface area contributed by atoms with E-state index < -0.39 is 11.8 Å². The quantitative estimate of drug-likeness (QED) is 0.545. The second-order valence-electron chi connectivity index (χ2n) is 6.91. The molecule has 0 saturated carbocycles. The van der Waals surface area contributed by atoms with E-state index in [1.54, 1.807) is 54.6 Å². The highest BCUT2D eigenvalue weighted by Gasteiger charge is 2.37. The Morgan fingerprint density at radius 3 is 2.25 bits per heavy atom. The maximum absolute atomic E-state index is 12.8. The lowest BCUT2D eigenvalue weighted by Crippen LogP contribution is -2.29. The van der Waals surface area contributed by atoms with E-state index in [2.05, 4.69) is 5.32 Å². The Hall–Kier alpha value is -3.84. The lowest BCUT2D eigenvalue weighted by atomic mass is 10.1. The van der Waals surface area contributed by atoms with Gasteiger partial charge in [-0.25, -0.2) is 4.90 Å². The number of nitrogens with one attached hydrogen (secondary N) is 1. The number of ether oxygens (including phenoxy) is 2. The van der Waals surface area contributed by atoms with E-state index in [0.717, 1.165) is 4.90 Å². The molecule has 8 heteroatoms. The maximum Gasteiger partial charge on any atom is 0.266 e. The normalized spacial score (nSPS) is 12.5. The van der Waals surface area contributed by atoms with Crippen molar-refractivity contribution < 1.29 is 23.9 Å². The summed E-state index contributed by atoms with van der Waals surface area (Å²) in [6.07, 6.45) is 0. The van der Waals surface area contributed by atoms with E-state index in [-0.39, 0.29) is 11.7 Å². The minimum Gasteiger partial charge on any atom is -0.494 e. The largest absolute Gasteiger partial charge is 0.494 e. The van der Waals surface area contributed by atoms with Gasteiger partial charge in [-0.05, 0) is 49.4 Å². The lowest BCUT2D eigenvalue weighted by molar-refractivity contribution is 0.0923. The maximum atomic E-state index is 12.8. The predicted octanol–water partition coefficient (Wildman–Crippen LogP) is 4.80. The molecule has 0 spiro atoms. The van der Waals surface area contributed by atoms with Gasteiger partial charge in [-0.15, -0.1) is 0 Å². The van der Waals surface area contributed by atoms with Gasteiger partial charge in [0, 0.05) is 17.3 Å². The van der Waals surface area contributed by atoms with Crippen LogP contribution in [0.2, 0.25) is 5.02 Å². The zero-order valence-electron chi connectivity index (χ0n) is 17.3. The zero-order chi connectivity index (χ0) is 22.8. The SMILES string of the molecule is CCOc1ccc(C(=O)Nc2ccc(N3C(=O)c4ccccc4C3=O)c(OC)c2)cc1Cl. The Morgan fingerprint density at radius 2 is 1.66 bits per heavy atom. The number of benzene rings is 3. The Kier molecular flexibility index (Phi) is 5.83. The topological polar surface area (TPSA) is 84.9 Å². The number of methoxy groups -OCH3 is 1. The molecule has 0 radical (unpaired) electrons. The Labute approximate surface area is 189 Å². The number of halogens is 1. The molecule has 3 amide bonds. The van der Waals surface area contributed by atoms with Crippen molar-refractivity contribution in [3.8, 4) is 11.5 Å². The van der Waals surface area contributed by atoms with Crippen LogP contribution in [0.1, 0.15) is 38.0 Å². The van der Waals surface area contributed by atoms with Gasteiger partial charge in [0.1, 0.15) is 11.5 Å². The molecule has 1 aliphatic heterocycles. The number of amides is 3. The third-order valence-electron chi connectivity index (χ3n) is 4.97. The van der Waals surface area contributed by atoms with Crippen molar-refractivity contribution in [2.45, 2.75) is 6.92 Å². The molecule has 0 saturated heterocycles. The molecule has 0 aromatic heterocycles. The number of imide groups is 1. The summed E-state index contributed by atoms with van der Waals surface area (Å²) in [7, 11) is 1.43. The third kappa shape index (κ3) is 3.78. The Bertz CT molecular complexity index is 1210. The van der Waals surface area contributed by atoms with E-state index in [1.807, 2.05) is 6.92 Å². The average Bonchev–Trinajstić information content (AvgIpc) is 3.05. The number of hydrogen-bond acceptors (Lipinski definition) is 5. The molecule has 0 bridgehead atoms. The standard InChI is InChI=1S/C24H19ClN2O5/c1-3-32-20-11-8-14(12-18(20)25)22(28)26-15-9-10-19(21(13-15)31-2)27-23(29)16-6-4-5-7-17(16)24(27)30/h4-13H,3H2,1-2H3,(H,26,28). The van der Waals surface area contributed by atoms with Gasteiger partial charge in [-0.2, -0.15) is 0 Å². The summed E-state index contributed by atoms with van der Waals surface area (Å²) in [5.41, 5.74) is 1.74. The molecule has 1 N–H and O–H groups in total. The summed E-state index contributed by atoms with van der Waals surface area (Å²) >= 11 is 6.17. The van der Waals surface area contributed by atoms with Crippen LogP contribution in [0.4, 0.5) is 11.4 Å². The fourth-order valence-corrected chi connectivity index (χ4v) is 3.70. The van der Waals surface area contributed by atoms with Gasteiger partial charge in [0.2, 0.25) is 0 Å². The molecule has 0 aliphatic carbocycles. The highest BCUT2D eigenvalue weighted by atomic mass is 35.5. The lowest BCUT2D eigenvalue weighted by Gasteiger charge is -2.18. The highest BCUT2D eigenvalue weighted by molar-refractivity contribution is 6.35.